The van der Waals surface area contributed by atoms with Crippen molar-refractivity contribution in [3.8, 4) is 0 Å². The lowest BCUT2D eigenvalue weighted by molar-refractivity contribution is 0.539. The predicted molar refractivity (Wildman–Crippen MR) is 66.9 cm³/mol. The van der Waals surface area contributed by atoms with Gasteiger partial charge in [0, 0.05) is 11.6 Å². The van der Waals surface area contributed by atoms with Gasteiger partial charge in [-0.1, -0.05) is 29.8 Å². The zero-order chi connectivity index (χ0) is 14.0. The van der Waals surface area contributed by atoms with Gasteiger partial charge in [-0.05, 0) is 17.7 Å². The number of halogens is 4. The summed E-state index contributed by atoms with van der Waals surface area (Å²) in [5, 5.41) is -0.158. The number of benzene rings is 2. The van der Waals surface area contributed by atoms with E-state index in [-0.39, 0.29) is 16.1 Å². The summed E-state index contributed by atoms with van der Waals surface area (Å²) in [5.41, 5.74) is 2.70. The molecule has 0 aromatic heterocycles. The van der Waals surface area contributed by atoms with Crippen LogP contribution in [0, 0.1) is 17.5 Å². The van der Waals surface area contributed by atoms with E-state index in [1.807, 2.05) is 0 Å². The Labute approximate surface area is 113 Å². The molecule has 2 aromatic rings. The minimum atomic E-state index is -0.871. The fourth-order valence-electron chi connectivity index (χ4n) is 1.83. The van der Waals surface area contributed by atoms with Crippen molar-refractivity contribution in [3.05, 3.63) is 70.0 Å². The summed E-state index contributed by atoms with van der Waals surface area (Å²) in [5.74, 6) is 3.24. The van der Waals surface area contributed by atoms with Crippen LogP contribution in [-0.2, 0) is 0 Å². The fourth-order valence-corrected chi connectivity index (χ4v) is 2.06. The summed E-state index contributed by atoms with van der Waals surface area (Å²) in [6, 6.07) is 6.31. The summed E-state index contributed by atoms with van der Waals surface area (Å²) < 4.78 is 40.0. The van der Waals surface area contributed by atoms with Gasteiger partial charge in [0.15, 0.2) is 0 Å². The number of nitrogens with two attached hydrogens (primary N) is 1. The first-order chi connectivity index (χ1) is 9.04. The van der Waals surface area contributed by atoms with Crippen LogP contribution in [-0.4, -0.2) is 0 Å². The molecular formula is C13H10ClF3N2. The Morgan fingerprint density at radius 3 is 2.37 bits per heavy atom. The van der Waals surface area contributed by atoms with E-state index in [4.69, 9.17) is 17.4 Å². The summed E-state index contributed by atoms with van der Waals surface area (Å²) in [6.45, 7) is 0. The van der Waals surface area contributed by atoms with Gasteiger partial charge in [0.25, 0.3) is 0 Å². The van der Waals surface area contributed by atoms with E-state index in [0.717, 1.165) is 12.1 Å². The van der Waals surface area contributed by atoms with Crippen molar-refractivity contribution >= 4 is 11.6 Å². The average molecular weight is 287 g/mol. The van der Waals surface area contributed by atoms with Crippen molar-refractivity contribution in [1.29, 1.82) is 0 Å². The quantitative estimate of drug-likeness (QED) is 0.671. The zero-order valence-electron chi connectivity index (χ0n) is 9.63. The molecule has 0 saturated heterocycles. The highest BCUT2D eigenvalue weighted by atomic mass is 35.5. The second-order valence-electron chi connectivity index (χ2n) is 3.91. The zero-order valence-corrected chi connectivity index (χ0v) is 10.4. The molecule has 1 unspecified atom stereocenters. The van der Waals surface area contributed by atoms with Crippen molar-refractivity contribution in [3.63, 3.8) is 0 Å². The van der Waals surface area contributed by atoms with Crippen LogP contribution in [0.2, 0.25) is 5.02 Å². The molecule has 2 aromatic carbocycles. The highest BCUT2D eigenvalue weighted by Crippen LogP contribution is 2.31. The van der Waals surface area contributed by atoms with E-state index < -0.39 is 23.5 Å². The molecule has 2 rings (SSSR count). The number of rotatable bonds is 3. The first-order valence-corrected chi connectivity index (χ1v) is 5.77. The number of hydrazine groups is 1. The van der Waals surface area contributed by atoms with Crippen LogP contribution < -0.4 is 11.3 Å². The summed E-state index contributed by atoms with van der Waals surface area (Å²) in [4.78, 5) is 0. The SMILES string of the molecule is NNC(c1ccc(F)cc1F)c1cccc(F)c1Cl. The van der Waals surface area contributed by atoms with Crippen molar-refractivity contribution in [2.75, 3.05) is 0 Å². The lowest BCUT2D eigenvalue weighted by Gasteiger charge is -2.19. The van der Waals surface area contributed by atoms with Crippen LogP contribution >= 0.6 is 11.6 Å². The molecule has 19 heavy (non-hydrogen) atoms. The summed E-state index contributed by atoms with van der Waals surface area (Å²) in [6.07, 6.45) is 0. The topological polar surface area (TPSA) is 38.0 Å². The van der Waals surface area contributed by atoms with Gasteiger partial charge in [0.2, 0.25) is 0 Å². The molecule has 0 radical (unpaired) electrons. The van der Waals surface area contributed by atoms with Gasteiger partial charge < -0.3 is 0 Å². The highest BCUT2D eigenvalue weighted by molar-refractivity contribution is 6.31. The Kier molecular flexibility index (Phi) is 4.09. The maximum atomic E-state index is 13.7. The van der Waals surface area contributed by atoms with Gasteiger partial charge in [-0.3, -0.25) is 5.84 Å². The van der Waals surface area contributed by atoms with E-state index in [9.17, 15) is 13.2 Å². The third kappa shape index (κ3) is 2.73. The van der Waals surface area contributed by atoms with Crippen LogP contribution in [0.3, 0.4) is 0 Å². The van der Waals surface area contributed by atoms with Crippen LogP contribution in [0.25, 0.3) is 0 Å². The lowest BCUT2D eigenvalue weighted by atomic mass is 9.98. The van der Waals surface area contributed by atoms with Gasteiger partial charge >= 0.3 is 0 Å². The number of hydrogen-bond acceptors (Lipinski definition) is 2. The van der Waals surface area contributed by atoms with Gasteiger partial charge in [-0.25, -0.2) is 18.6 Å². The van der Waals surface area contributed by atoms with E-state index in [0.29, 0.717) is 0 Å². The van der Waals surface area contributed by atoms with Gasteiger partial charge in [-0.2, -0.15) is 0 Å². The molecule has 0 spiro atoms. The van der Waals surface area contributed by atoms with Crippen LogP contribution in [0.1, 0.15) is 17.2 Å². The summed E-state index contributed by atoms with van der Waals surface area (Å²) >= 11 is 5.83. The minimum Gasteiger partial charge on any atom is -0.271 e. The third-order valence-electron chi connectivity index (χ3n) is 2.73. The second kappa shape index (κ2) is 5.61. The Morgan fingerprint density at radius 2 is 1.74 bits per heavy atom. The minimum absolute atomic E-state index is 0.0800. The van der Waals surface area contributed by atoms with Crippen LogP contribution in [0.5, 0.6) is 0 Å². The molecule has 0 heterocycles. The lowest BCUT2D eigenvalue weighted by Crippen LogP contribution is -2.30. The van der Waals surface area contributed by atoms with Gasteiger partial charge in [0.05, 0.1) is 11.1 Å². The molecule has 100 valence electrons. The van der Waals surface area contributed by atoms with E-state index in [2.05, 4.69) is 5.43 Å². The highest BCUT2D eigenvalue weighted by Gasteiger charge is 2.20. The average Bonchev–Trinajstić information content (AvgIpc) is 2.37. The smallest absolute Gasteiger partial charge is 0.142 e. The van der Waals surface area contributed by atoms with Crippen molar-refractivity contribution in [2.45, 2.75) is 6.04 Å². The van der Waals surface area contributed by atoms with Crippen molar-refractivity contribution < 1.29 is 13.2 Å². The van der Waals surface area contributed by atoms with Crippen LogP contribution in [0.15, 0.2) is 36.4 Å². The van der Waals surface area contributed by atoms with Gasteiger partial charge in [0.1, 0.15) is 17.5 Å². The standard InChI is InChI=1S/C13H10ClF3N2/c14-12-9(2-1-3-10(12)16)13(19-18)8-5-4-7(15)6-11(8)17/h1-6,13,19H,18H2. The molecule has 0 amide bonds. The molecule has 2 nitrogen and oxygen atoms in total. The van der Waals surface area contributed by atoms with Gasteiger partial charge in [-0.15, -0.1) is 0 Å². The monoisotopic (exact) mass is 286 g/mol. The molecule has 6 heteroatoms. The normalized spacial score (nSPS) is 12.5. The molecule has 0 saturated carbocycles. The third-order valence-corrected chi connectivity index (χ3v) is 3.13. The Balaban J connectivity index is 2.53. The largest absolute Gasteiger partial charge is 0.271 e. The van der Waals surface area contributed by atoms with Crippen molar-refractivity contribution in [2.24, 2.45) is 5.84 Å². The first-order valence-electron chi connectivity index (χ1n) is 5.39. The van der Waals surface area contributed by atoms with Crippen molar-refractivity contribution in [1.82, 2.24) is 5.43 Å². The Bertz CT molecular complexity index is 604. The molecule has 3 N–H and O–H groups in total. The molecule has 0 aliphatic rings. The van der Waals surface area contributed by atoms with Crippen LogP contribution in [0.4, 0.5) is 13.2 Å². The van der Waals surface area contributed by atoms with E-state index in [1.165, 1.54) is 24.3 Å². The Morgan fingerprint density at radius 1 is 1.00 bits per heavy atom. The summed E-state index contributed by atoms with van der Waals surface area (Å²) in [7, 11) is 0. The van der Waals surface area contributed by atoms with E-state index >= 15 is 0 Å². The second-order valence-corrected chi connectivity index (χ2v) is 4.29. The predicted octanol–water partition coefficient (Wildman–Crippen LogP) is 3.31. The molecule has 1 atom stereocenters. The first kappa shape index (κ1) is 13.9. The molecular weight excluding hydrogens is 277 g/mol. The number of hydrogen-bond donors (Lipinski definition) is 2. The molecule has 0 aliphatic carbocycles. The Hall–Kier alpha value is -1.56. The molecule has 0 aliphatic heterocycles. The molecule has 0 bridgehead atoms. The fraction of sp³-hybridized carbons (Fsp3) is 0.0769. The maximum absolute atomic E-state index is 13.7. The van der Waals surface area contributed by atoms with E-state index in [1.54, 1.807) is 0 Å². The maximum Gasteiger partial charge on any atom is 0.142 e. The number of nitrogens with one attached hydrogen (secondary N) is 1. The molecule has 0 fully saturated rings.